The van der Waals surface area contributed by atoms with Gasteiger partial charge in [0.1, 0.15) is 23.6 Å². The largest absolute Gasteiger partial charge is 0.492 e. The Balaban J connectivity index is 1.35. The Hall–Kier alpha value is -2.53. The van der Waals surface area contributed by atoms with Gasteiger partial charge in [0, 0.05) is 6.54 Å². The number of oxazole rings is 1. The number of benzene rings is 2. The number of aromatic nitrogens is 1. The average molecular weight is 310 g/mol. The van der Waals surface area contributed by atoms with E-state index in [0.717, 1.165) is 17.8 Å². The minimum absolute atomic E-state index is 0.248. The number of hydrogen-bond acceptors (Lipinski definition) is 5. The van der Waals surface area contributed by atoms with Crippen LogP contribution in [0.25, 0.3) is 11.1 Å². The van der Waals surface area contributed by atoms with E-state index in [9.17, 15) is 0 Å². The van der Waals surface area contributed by atoms with Gasteiger partial charge in [0.05, 0.1) is 0 Å². The SMILES string of the molecule is c1ccc2oc(Oc3ccc(OCCN4CCC4)cc3)nc2c1. The van der Waals surface area contributed by atoms with Crippen LogP contribution in [0.3, 0.4) is 0 Å². The van der Waals surface area contributed by atoms with Gasteiger partial charge in [-0.1, -0.05) is 12.1 Å². The molecule has 0 radical (unpaired) electrons. The Labute approximate surface area is 134 Å². The first-order valence-electron chi connectivity index (χ1n) is 7.85. The van der Waals surface area contributed by atoms with Gasteiger partial charge in [-0.25, -0.2) is 0 Å². The summed E-state index contributed by atoms with van der Waals surface area (Å²) >= 11 is 0. The summed E-state index contributed by atoms with van der Waals surface area (Å²) in [6, 6.07) is 15.1. The summed E-state index contributed by atoms with van der Waals surface area (Å²) in [6.07, 6.45) is 1.56. The van der Waals surface area contributed by atoms with Crippen molar-refractivity contribution in [2.24, 2.45) is 0 Å². The molecule has 0 bridgehead atoms. The molecule has 1 aliphatic rings. The van der Waals surface area contributed by atoms with E-state index in [1.54, 1.807) is 0 Å². The predicted molar refractivity (Wildman–Crippen MR) is 87.1 cm³/mol. The molecule has 1 fully saturated rings. The van der Waals surface area contributed by atoms with E-state index in [-0.39, 0.29) is 6.08 Å². The molecule has 0 N–H and O–H groups in total. The number of fused-ring (bicyclic) bond motifs is 1. The van der Waals surface area contributed by atoms with Gasteiger partial charge in [-0.2, -0.15) is 4.98 Å². The second-order valence-electron chi connectivity index (χ2n) is 5.56. The predicted octanol–water partition coefficient (Wildman–Crippen LogP) is 3.70. The standard InChI is InChI=1S/C18H18N2O3/c1-2-5-17-16(4-1)19-18(23-17)22-15-8-6-14(7-9-15)21-13-12-20-10-3-11-20/h1-2,4-9H,3,10-13H2. The number of rotatable bonds is 6. The molecule has 0 unspecified atom stereocenters. The van der Waals surface area contributed by atoms with Crippen molar-refractivity contribution in [3.8, 4) is 17.6 Å². The maximum absolute atomic E-state index is 5.73. The molecule has 1 aromatic heterocycles. The first kappa shape index (κ1) is 14.1. The summed E-state index contributed by atoms with van der Waals surface area (Å²) in [4.78, 5) is 6.67. The van der Waals surface area contributed by atoms with Crippen molar-refractivity contribution in [1.29, 1.82) is 0 Å². The lowest BCUT2D eigenvalue weighted by Crippen LogP contribution is -2.39. The van der Waals surface area contributed by atoms with Crippen LogP contribution in [0.4, 0.5) is 0 Å². The van der Waals surface area contributed by atoms with E-state index >= 15 is 0 Å². The van der Waals surface area contributed by atoms with Gasteiger partial charge in [-0.15, -0.1) is 0 Å². The van der Waals surface area contributed by atoms with E-state index in [2.05, 4.69) is 9.88 Å². The summed E-state index contributed by atoms with van der Waals surface area (Å²) in [5.41, 5.74) is 1.50. The summed E-state index contributed by atoms with van der Waals surface area (Å²) in [5, 5.41) is 0. The molecule has 1 saturated heterocycles. The Kier molecular flexibility index (Phi) is 3.86. The summed E-state index contributed by atoms with van der Waals surface area (Å²) < 4.78 is 16.9. The maximum Gasteiger partial charge on any atom is 0.400 e. The Morgan fingerprint density at radius 3 is 2.52 bits per heavy atom. The highest BCUT2D eigenvalue weighted by Gasteiger charge is 2.12. The highest BCUT2D eigenvalue weighted by atomic mass is 16.6. The molecule has 0 saturated carbocycles. The van der Waals surface area contributed by atoms with Crippen LogP contribution < -0.4 is 9.47 Å². The first-order chi connectivity index (χ1) is 11.4. The van der Waals surface area contributed by atoms with Crippen LogP contribution in [0.2, 0.25) is 0 Å². The smallest absolute Gasteiger partial charge is 0.400 e. The average Bonchev–Trinajstić information content (AvgIpc) is 2.93. The van der Waals surface area contributed by atoms with Crippen LogP contribution in [0.1, 0.15) is 6.42 Å². The molecule has 0 amide bonds. The molecule has 2 heterocycles. The molecule has 23 heavy (non-hydrogen) atoms. The van der Waals surface area contributed by atoms with Gasteiger partial charge in [0.2, 0.25) is 0 Å². The number of para-hydroxylation sites is 2. The van der Waals surface area contributed by atoms with Crippen molar-refractivity contribution >= 4 is 11.1 Å². The fraction of sp³-hybridized carbons (Fsp3) is 0.278. The highest BCUT2D eigenvalue weighted by molar-refractivity contribution is 5.72. The molecule has 5 heteroatoms. The minimum atomic E-state index is 0.248. The number of ether oxygens (including phenoxy) is 2. The van der Waals surface area contributed by atoms with Crippen LogP contribution in [0, 0.1) is 0 Å². The van der Waals surface area contributed by atoms with E-state index in [1.807, 2.05) is 48.5 Å². The van der Waals surface area contributed by atoms with Crippen molar-refractivity contribution in [3.63, 3.8) is 0 Å². The zero-order valence-electron chi connectivity index (χ0n) is 12.8. The third-order valence-corrected chi connectivity index (χ3v) is 3.93. The van der Waals surface area contributed by atoms with E-state index in [0.29, 0.717) is 17.9 Å². The van der Waals surface area contributed by atoms with Crippen LogP contribution in [-0.2, 0) is 0 Å². The molecule has 0 aliphatic carbocycles. The molecular weight excluding hydrogens is 292 g/mol. The fourth-order valence-corrected chi connectivity index (χ4v) is 2.50. The first-order valence-corrected chi connectivity index (χ1v) is 7.85. The molecule has 2 aromatic carbocycles. The Morgan fingerprint density at radius 1 is 1.00 bits per heavy atom. The number of nitrogens with zero attached hydrogens (tertiary/aromatic N) is 2. The van der Waals surface area contributed by atoms with Gasteiger partial charge in [-0.3, -0.25) is 4.90 Å². The lowest BCUT2D eigenvalue weighted by Gasteiger charge is -2.30. The topological polar surface area (TPSA) is 47.7 Å². The Bertz CT molecular complexity index is 745. The molecule has 3 aromatic rings. The zero-order chi connectivity index (χ0) is 15.5. The van der Waals surface area contributed by atoms with Crippen molar-refractivity contribution < 1.29 is 13.9 Å². The van der Waals surface area contributed by atoms with Crippen LogP contribution in [0.15, 0.2) is 52.9 Å². The Morgan fingerprint density at radius 2 is 1.78 bits per heavy atom. The number of hydrogen-bond donors (Lipinski definition) is 0. The van der Waals surface area contributed by atoms with Crippen molar-refractivity contribution in [2.45, 2.75) is 6.42 Å². The zero-order valence-corrected chi connectivity index (χ0v) is 12.8. The summed E-state index contributed by atoms with van der Waals surface area (Å²) in [7, 11) is 0. The third kappa shape index (κ3) is 3.29. The quantitative estimate of drug-likeness (QED) is 0.694. The lowest BCUT2D eigenvalue weighted by molar-refractivity contribution is 0.147. The van der Waals surface area contributed by atoms with Crippen molar-refractivity contribution in [2.75, 3.05) is 26.2 Å². The molecule has 1 aliphatic heterocycles. The fourth-order valence-electron chi connectivity index (χ4n) is 2.50. The van der Waals surface area contributed by atoms with Gasteiger partial charge >= 0.3 is 6.08 Å². The third-order valence-electron chi connectivity index (χ3n) is 3.93. The van der Waals surface area contributed by atoms with Crippen molar-refractivity contribution in [3.05, 3.63) is 48.5 Å². The van der Waals surface area contributed by atoms with E-state index in [4.69, 9.17) is 13.9 Å². The van der Waals surface area contributed by atoms with Crippen LogP contribution in [0.5, 0.6) is 17.6 Å². The molecule has 0 atom stereocenters. The van der Waals surface area contributed by atoms with Crippen LogP contribution in [-0.4, -0.2) is 36.1 Å². The van der Waals surface area contributed by atoms with E-state index < -0.39 is 0 Å². The highest BCUT2D eigenvalue weighted by Crippen LogP contribution is 2.26. The monoisotopic (exact) mass is 310 g/mol. The van der Waals surface area contributed by atoms with Gasteiger partial charge < -0.3 is 13.9 Å². The molecule has 0 spiro atoms. The molecule has 4 rings (SSSR count). The minimum Gasteiger partial charge on any atom is -0.492 e. The molecule has 118 valence electrons. The van der Waals surface area contributed by atoms with Gasteiger partial charge in [0.15, 0.2) is 5.58 Å². The van der Waals surface area contributed by atoms with Gasteiger partial charge in [0.25, 0.3) is 0 Å². The second-order valence-corrected chi connectivity index (χ2v) is 5.56. The normalized spacial score (nSPS) is 14.6. The van der Waals surface area contributed by atoms with Gasteiger partial charge in [-0.05, 0) is 55.9 Å². The number of likely N-dealkylation sites (tertiary alicyclic amines) is 1. The second kappa shape index (κ2) is 6.30. The van der Waals surface area contributed by atoms with Crippen molar-refractivity contribution in [1.82, 2.24) is 9.88 Å². The summed E-state index contributed by atoms with van der Waals surface area (Å²) in [5.74, 6) is 1.52. The lowest BCUT2D eigenvalue weighted by atomic mass is 10.2. The van der Waals surface area contributed by atoms with Crippen LogP contribution >= 0.6 is 0 Å². The molecule has 5 nitrogen and oxygen atoms in total. The maximum atomic E-state index is 5.73. The molecular formula is C18H18N2O3. The summed E-state index contributed by atoms with van der Waals surface area (Å²) in [6.45, 7) is 4.09. The van der Waals surface area contributed by atoms with E-state index in [1.165, 1.54) is 19.5 Å².